The minimum Gasteiger partial charge on any atom is -0.484 e. The van der Waals surface area contributed by atoms with Crippen molar-refractivity contribution in [2.24, 2.45) is 5.92 Å². The Bertz CT molecular complexity index is 806. The number of H-pyrrole nitrogens is 1. The molecule has 30 heavy (non-hydrogen) atoms. The Kier molecular flexibility index (Phi) is 6.96. The first-order valence-electron chi connectivity index (χ1n) is 10.9. The minimum atomic E-state index is 0.0247. The van der Waals surface area contributed by atoms with Crippen LogP contribution < -0.4 is 4.74 Å². The van der Waals surface area contributed by atoms with Crippen LogP contribution in [0.3, 0.4) is 0 Å². The van der Waals surface area contributed by atoms with Gasteiger partial charge in [-0.25, -0.2) is 4.98 Å². The maximum Gasteiger partial charge on any atom is 0.260 e. The van der Waals surface area contributed by atoms with Crippen LogP contribution in [0.4, 0.5) is 0 Å². The molecular weight excluding hydrogens is 382 g/mol. The maximum atomic E-state index is 12.8. The van der Waals surface area contributed by atoms with E-state index in [4.69, 9.17) is 9.47 Å². The summed E-state index contributed by atoms with van der Waals surface area (Å²) < 4.78 is 11.2. The molecule has 2 aliphatic heterocycles. The van der Waals surface area contributed by atoms with Crippen molar-refractivity contribution in [2.75, 3.05) is 46.0 Å². The Morgan fingerprint density at radius 2 is 1.97 bits per heavy atom. The number of hydrogen-bond acceptors (Lipinski definition) is 6. The second-order valence-corrected chi connectivity index (χ2v) is 8.12. The Balaban J connectivity index is 1.40. The van der Waals surface area contributed by atoms with Gasteiger partial charge in [0.15, 0.2) is 12.4 Å². The first kappa shape index (κ1) is 20.8. The second-order valence-electron chi connectivity index (χ2n) is 8.12. The first-order chi connectivity index (χ1) is 14.7. The summed E-state index contributed by atoms with van der Waals surface area (Å²) in [6.07, 6.45) is 2.99. The average molecular weight is 414 g/mol. The number of carbonyl (C=O) groups is 1. The van der Waals surface area contributed by atoms with E-state index >= 15 is 0 Å². The van der Waals surface area contributed by atoms with Gasteiger partial charge >= 0.3 is 0 Å². The summed E-state index contributed by atoms with van der Waals surface area (Å²) in [4.78, 5) is 21.8. The normalized spacial score (nSPS) is 21.4. The maximum absolute atomic E-state index is 12.8. The summed E-state index contributed by atoms with van der Waals surface area (Å²) in [5, 5.41) is 7.41. The highest BCUT2D eigenvalue weighted by Crippen LogP contribution is 2.28. The highest BCUT2D eigenvalue weighted by atomic mass is 16.5. The predicted molar refractivity (Wildman–Crippen MR) is 112 cm³/mol. The van der Waals surface area contributed by atoms with E-state index in [1.165, 1.54) is 0 Å². The third kappa shape index (κ3) is 5.37. The van der Waals surface area contributed by atoms with E-state index in [9.17, 15) is 4.79 Å². The predicted octanol–water partition coefficient (Wildman–Crippen LogP) is 2.19. The zero-order valence-corrected chi connectivity index (χ0v) is 17.6. The third-order valence-electron chi connectivity index (χ3n) is 5.97. The van der Waals surface area contributed by atoms with Gasteiger partial charge in [0.2, 0.25) is 0 Å². The minimum absolute atomic E-state index is 0.0247. The summed E-state index contributed by atoms with van der Waals surface area (Å²) in [7, 11) is 0. The van der Waals surface area contributed by atoms with Crippen molar-refractivity contribution in [1.29, 1.82) is 0 Å². The lowest BCUT2D eigenvalue weighted by atomic mass is 9.98. The van der Waals surface area contributed by atoms with Crippen LogP contribution in [0.2, 0.25) is 0 Å². The van der Waals surface area contributed by atoms with Gasteiger partial charge in [0.05, 0.1) is 6.04 Å². The van der Waals surface area contributed by atoms with Crippen LogP contribution in [0, 0.1) is 12.8 Å². The van der Waals surface area contributed by atoms with Gasteiger partial charge in [-0.15, -0.1) is 0 Å². The molecule has 1 unspecified atom stereocenters. The molecule has 8 heteroatoms. The van der Waals surface area contributed by atoms with Crippen LogP contribution in [0.15, 0.2) is 30.3 Å². The summed E-state index contributed by atoms with van der Waals surface area (Å²) in [6.45, 7) is 6.84. The molecule has 162 valence electrons. The fourth-order valence-electron chi connectivity index (χ4n) is 4.26. The summed E-state index contributed by atoms with van der Waals surface area (Å²) in [5.74, 6) is 3.01. The number of nitrogens with zero attached hydrogens (tertiary/aromatic N) is 4. The smallest absolute Gasteiger partial charge is 0.260 e. The lowest BCUT2D eigenvalue weighted by Gasteiger charge is -2.32. The van der Waals surface area contributed by atoms with E-state index in [0.717, 1.165) is 63.0 Å². The lowest BCUT2D eigenvalue weighted by molar-refractivity contribution is -0.133. The Morgan fingerprint density at radius 1 is 1.17 bits per heavy atom. The van der Waals surface area contributed by atoms with E-state index in [1.54, 1.807) is 0 Å². The van der Waals surface area contributed by atoms with Crippen LogP contribution in [0.5, 0.6) is 5.75 Å². The Morgan fingerprint density at radius 3 is 2.70 bits per heavy atom. The van der Waals surface area contributed by atoms with E-state index in [1.807, 2.05) is 42.2 Å². The van der Waals surface area contributed by atoms with Crippen molar-refractivity contribution in [3.05, 3.63) is 42.0 Å². The zero-order chi connectivity index (χ0) is 20.8. The molecule has 1 aromatic heterocycles. The van der Waals surface area contributed by atoms with Gasteiger partial charge in [0, 0.05) is 39.4 Å². The topological polar surface area (TPSA) is 83.6 Å². The number of aromatic amines is 1. The molecule has 0 aliphatic carbocycles. The van der Waals surface area contributed by atoms with Gasteiger partial charge in [-0.05, 0) is 44.2 Å². The standard InChI is InChI=1S/C22H31N5O3/c1-17-23-22(25-24-17)20-7-10-26(21(28)16-30-19-5-3-2-4-6-19)11-12-27(20)15-18-8-13-29-14-9-18/h2-6,18,20H,7-16H2,1H3,(H,23,24,25). The SMILES string of the molecule is Cc1nc(C2CCN(C(=O)COc3ccccc3)CCN2CC2CCOCC2)n[nH]1. The molecule has 1 atom stereocenters. The number of para-hydroxylation sites is 1. The molecule has 1 aromatic carbocycles. The molecule has 2 fully saturated rings. The van der Waals surface area contributed by atoms with Crippen LogP contribution in [-0.4, -0.2) is 76.9 Å². The highest BCUT2D eigenvalue weighted by molar-refractivity contribution is 5.77. The van der Waals surface area contributed by atoms with E-state index in [0.29, 0.717) is 19.0 Å². The Labute approximate surface area is 177 Å². The molecule has 1 N–H and O–H groups in total. The van der Waals surface area contributed by atoms with Gasteiger partial charge in [0.25, 0.3) is 5.91 Å². The number of ether oxygens (including phenoxy) is 2. The number of nitrogens with one attached hydrogen (secondary N) is 1. The fraction of sp³-hybridized carbons (Fsp3) is 0.591. The number of aryl methyl sites for hydroxylation is 1. The second kappa shape index (κ2) is 10.0. The molecule has 0 spiro atoms. The van der Waals surface area contributed by atoms with Gasteiger partial charge in [-0.1, -0.05) is 18.2 Å². The third-order valence-corrected chi connectivity index (χ3v) is 5.97. The summed E-state index contributed by atoms with van der Waals surface area (Å²) in [6, 6.07) is 9.60. The lowest BCUT2D eigenvalue weighted by Crippen LogP contribution is -2.39. The first-order valence-corrected chi connectivity index (χ1v) is 10.9. The molecule has 1 amide bonds. The summed E-state index contributed by atoms with van der Waals surface area (Å²) >= 11 is 0. The average Bonchev–Trinajstić information content (AvgIpc) is 3.10. The van der Waals surface area contributed by atoms with Crippen LogP contribution in [0.25, 0.3) is 0 Å². The molecule has 2 saturated heterocycles. The van der Waals surface area contributed by atoms with Crippen LogP contribution in [-0.2, 0) is 9.53 Å². The van der Waals surface area contributed by atoms with E-state index in [2.05, 4.69) is 20.1 Å². The highest BCUT2D eigenvalue weighted by Gasteiger charge is 2.31. The van der Waals surface area contributed by atoms with Crippen LogP contribution >= 0.6 is 0 Å². The number of hydrogen-bond donors (Lipinski definition) is 1. The fourth-order valence-corrected chi connectivity index (χ4v) is 4.26. The summed E-state index contributed by atoms with van der Waals surface area (Å²) in [5.41, 5.74) is 0. The van der Waals surface area contributed by atoms with Crippen molar-refractivity contribution >= 4 is 5.91 Å². The Hall–Kier alpha value is -2.45. The molecule has 4 rings (SSSR count). The number of benzene rings is 1. The molecule has 3 heterocycles. The number of rotatable bonds is 6. The van der Waals surface area contributed by atoms with Gasteiger partial charge in [0.1, 0.15) is 11.6 Å². The number of carbonyl (C=O) groups excluding carboxylic acids is 1. The molecule has 2 aromatic rings. The van der Waals surface area contributed by atoms with Crippen molar-refractivity contribution in [2.45, 2.75) is 32.2 Å². The van der Waals surface area contributed by atoms with E-state index < -0.39 is 0 Å². The van der Waals surface area contributed by atoms with Gasteiger partial charge in [-0.3, -0.25) is 14.8 Å². The van der Waals surface area contributed by atoms with Gasteiger partial charge in [-0.2, -0.15) is 5.10 Å². The van der Waals surface area contributed by atoms with E-state index in [-0.39, 0.29) is 18.6 Å². The molecule has 0 radical (unpaired) electrons. The van der Waals surface area contributed by atoms with Crippen molar-refractivity contribution in [3.8, 4) is 5.75 Å². The molecule has 8 nitrogen and oxygen atoms in total. The molecular formula is C22H31N5O3. The largest absolute Gasteiger partial charge is 0.484 e. The number of amides is 1. The molecule has 0 saturated carbocycles. The van der Waals surface area contributed by atoms with Gasteiger partial charge < -0.3 is 14.4 Å². The molecule has 0 bridgehead atoms. The van der Waals surface area contributed by atoms with Crippen molar-refractivity contribution in [3.63, 3.8) is 0 Å². The van der Waals surface area contributed by atoms with Crippen LogP contribution in [0.1, 0.15) is 37.0 Å². The molecule has 2 aliphatic rings. The monoisotopic (exact) mass is 413 g/mol. The zero-order valence-electron chi connectivity index (χ0n) is 17.6. The quantitative estimate of drug-likeness (QED) is 0.782. The van der Waals surface area contributed by atoms with Crippen molar-refractivity contribution in [1.82, 2.24) is 25.0 Å². The number of aromatic nitrogens is 3. The van der Waals surface area contributed by atoms with Crippen molar-refractivity contribution < 1.29 is 14.3 Å².